The molecule has 0 spiro atoms. The molecule has 0 unspecified atom stereocenters. The predicted molar refractivity (Wildman–Crippen MR) is 95.2 cm³/mol. The Kier molecular flexibility index (Phi) is 5.90. The van der Waals surface area contributed by atoms with Crippen LogP contribution in [0, 0.1) is 0 Å². The van der Waals surface area contributed by atoms with Gasteiger partial charge in [0.1, 0.15) is 0 Å². The molecule has 0 aliphatic carbocycles. The van der Waals surface area contributed by atoms with Crippen LogP contribution in [0.4, 0.5) is 0 Å². The normalized spacial score (nSPS) is 10.8. The summed E-state index contributed by atoms with van der Waals surface area (Å²) in [6.07, 6.45) is 5.77. The van der Waals surface area contributed by atoms with Crippen LogP contribution in [-0.2, 0) is 6.42 Å². The number of aryl methyl sites for hydroxylation is 1. The number of rotatable bonds is 9. The first-order chi connectivity index (χ1) is 11.8. The van der Waals surface area contributed by atoms with Gasteiger partial charge in [-0.3, -0.25) is 4.79 Å². The Balaban J connectivity index is 1.35. The van der Waals surface area contributed by atoms with Crippen LogP contribution in [0.25, 0.3) is 10.7 Å². The van der Waals surface area contributed by atoms with Gasteiger partial charge in [0, 0.05) is 6.42 Å². The van der Waals surface area contributed by atoms with E-state index in [9.17, 15) is 4.79 Å². The third-order valence-electron chi connectivity index (χ3n) is 3.87. The summed E-state index contributed by atoms with van der Waals surface area (Å²) in [6, 6.07) is 14.3. The number of hydrogen-bond acceptors (Lipinski definition) is 5. The lowest BCUT2D eigenvalue weighted by Crippen LogP contribution is -1.99. The fourth-order valence-electron chi connectivity index (χ4n) is 2.56. The molecule has 24 heavy (non-hydrogen) atoms. The van der Waals surface area contributed by atoms with Crippen molar-refractivity contribution in [1.82, 2.24) is 10.1 Å². The summed E-state index contributed by atoms with van der Waals surface area (Å²) in [4.78, 5) is 17.2. The molecule has 0 amide bonds. The summed E-state index contributed by atoms with van der Waals surface area (Å²) in [7, 11) is 0. The number of carbonyl (C=O) groups is 1. The van der Waals surface area contributed by atoms with Gasteiger partial charge < -0.3 is 4.52 Å². The summed E-state index contributed by atoms with van der Waals surface area (Å²) >= 11 is 1.53. The van der Waals surface area contributed by atoms with Gasteiger partial charge in [0.15, 0.2) is 0 Å². The number of unbranched alkanes of at least 4 members (excludes halogenated alkanes) is 3. The van der Waals surface area contributed by atoms with Crippen LogP contribution < -0.4 is 0 Å². The number of hydrogen-bond donors (Lipinski definition) is 0. The van der Waals surface area contributed by atoms with Crippen molar-refractivity contribution in [3.8, 4) is 10.7 Å². The average molecular weight is 340 g/mol. The SMILES string of the molecule is O=C(CCCCCCc1ccccc1)c1nc(-c2cccs2)no1. The van der Waals surface area contributed by atoms with Crippen molar-refractivity contribution in [2.45, 2.75) is 38.5 Å². The van der Waals surface area contributed by atoms with Crippen LogP contribution in [-0.4, -0.2) is 15.9 Å². The fourth-order valence-corrected chi connectivity index (χ4v) is 3.21. The summed E-state index contributed by atoms with van der Waals surface area (Å²) in [5, 5.41) is 5.82. The predicted octanol–water partition coefficient (Wildman–Crippen LogP) is 5.17. The van der Waals surface area contributed by atoms with E-state index >= 15 is 0 Å². The molecule has 0 N–H and O–H groups in total. The van der Waals surface area contributed by atoms with Gasteiger partial charge in [-0.2, -0.15) is 4.98 Å². The minimum Gasteiger partial charge on any atom is -0.330 e. The Bertz CT molecular complexity index is 751. The number of ketones is 1. The number of nitrogens with zero attached hydrogens (tertiary/aromatic N) is 2. The fraction of sp³-hybridized carbons (Fsp3) is 0.316. The summed E-state index contributed by atoms with van der Waals surface area (Å²) < 4.78 is 5.08. The topological polar surface area (TPSA) is 56.0 Å². The Morgan fingerprint density at radius 3 is 2.62 bits per heavy atom. The lowest BCUT2D eigenvalue weighted by Gasteiger charge is -2.01. The molecule has 2 heterocycles. The van der Waals surface area contributed by atoms with Crippen LogP contribution >= 0.6 is 11.3 Å². The first-order valence-electron chi connectivity index (χ1n) is 8.27. The van der Waals surface area contributed by atoms with Gasteiger partial charge in [0.25, 0.3) is 5.89 Å². The molecule has 1 aromatic carbocycles. The van der Waals surface area contributed by atoms with Crippen molar-refractivity contribution in [3.63, 3.8) is 0 Å². The molecule has 0 fully saturated rings. The second-order valence-electron chi connectivity index (χ2n) is 5.72. The van der Waals surface area contributed by atoms with Crippen LogP contribution in [0.5, 0.6) is 0 Å². The van der Waals surface area contributed by atoms with Crippen molar-refractivity contribution in [2.24, 2.45) is 0 Å². The van der Waals surface area contributed by atoms with E-state index in [1.54, 1.807) is 0 Å². The molecule has 0 atom stereocenters. The highest BCUT2D eigenvalue weighted by molar-refractivity contribution is 7.13. The second kappa shape index (κ2) is 8.55. The van der Waals surface area contributed by atoms with Crippen molar-refractivity contribution < 1.29 is 9.32 Å². The molecule has 0 radical (unpaired) electrons. The van der Waals surface area contributed by atoms with Crippen molar-refractivity contribution in [3.05, 3.63) is 59.3 Å². The first-order valence-corrected chi connectivity index (χ1v) is 9.15. The standard InChI is InChI=1S/C19H20N2O2S/c22-16(19-20-18(21-23-19)17-13-8-14-24-17)12-7-2-1-4-9-15-10-5-3-6-11-15/h3,5-6,8,10-11,13-14H,1-2,4,7,9,12H2. The molecular formula is C19H20N2O2S. The number of thiophene rings is 1. The van der Waals surface area contributed by atoms with Crippen LogP contribution in [0.1, 0.15) is 48.4 Å². The van der Waals surface area contributed by atoms with E-state index < -0.39 is 0 Å². The molecule has 3 aromatic rings. The van der Waals surface area contributed by atoms with Crippen LogP contribution in [0.3, 0.4) is 0 Å². The Morgan fingerprint density at radius 1 is 1.00 bits per heavy atom. The molecule has 0 bridgehead atoms. The van der Waals surface area contributed by atoms with E-state index in [0.29, 0.717) is 12.2 Å². The van der Waals surface area contributed by atoms with Gasteiger partial charge in [0.2, 0.25) is 11.6 Å². The monoisotopic (exact) mass is 340 g/mol. The van der Waals surface area contributed by atoms with Crippen LogP contribution in [0.2, 0.25) is 0 Å². The third-order valence-corrected chi connectivity index (χ3v) is 4.73. The van der Waals surface area contributed by atoms with Crippen molar-refractivity contribution in [1.29, 1.82) is 0 Å². The zero-order chi connectivity index (χ0) is 16.6. The Hall–Kier alpha value is -2.27. The lowest BCUT2D eigenvalue weighted by atomic mass is 10.0. The van der Waals surface area contributed by atoms with E-state index in [2.05, 4.69) is 34.4 Å². The van der Waals surface area contributed by atoms with E-state index in [4.69, 9.17) is 4.52 Å². The van der Waals surface area contributed by atoms with Gasteiger partial charge >= 0.3 is 0 Å². The highest BCUT2D eigenvalue weighted by Gasteiger charge is 2.16. The van der Waals surface area contributed by atoms with Gasteiger partial charge in [-0.05, 0) is 36.3 Å². The van der Waals surface area contributed by atoms with E-state index in [0.717, 1.165) is 37.0 Å². The minimum atomic E-state index is -0.0617. The summed E-state index contributed by atoms with van der Waals surface area (Å²) in [5.41, 5.74) is 1.38. The van der Waals surface area contributed by atoms with Crippen molar-refractivity contribution >= 4 is 17.1 Å². The Labute approximate surface area is 145 Å². The largest absolute Gasteiger partial charge is 0.330 e. The smallest absolute Gasteiger partial charge is 0.294 e. The highest BCUT2D eigenvalue weighted by atomic mass is 32.1. The molecule has 3 rings (SSSR count). The second-order valence-corrected chi connectivity index (χ2v) is 6.67. The number of carbonyl (C=O) groups excluding carboxylic acids is 1. The molecule has 0 saturated heterocycles. The van der Waals surface area contributed by atoms with Gasteiger partial charge in [0.05, 0.1) is 4.88 Å². The van der Waals surface area contributed by atoms with E-state index in [1.165, 1.54) is 16.9 Å². The molecule has 2 aromatic heterocycles. The maximum Gasteiger partial charge on any atom is 0.294 e. The lowest BCUT2D eigenvalue weighted by molar-refractivity contribution is 0.0936. The van der Waals surface area contributed by atoms with Crippen LogP contribution in [0.15, 0.2) is 52.4 Å². The molecule has 5 heteroatoms. The van der Waals surface area contributed by atoms with E-state index in [1.807, 2.05) is 23.6 Å². The summed E-state index contributed by atoms with van der Waals surface area (Å²) in [6.45, 7) is 0. The van der Waals surface area contributed by atoms with Gasteiger partial charge in [-0.25, -0.2) is 0 Å². The number of Topliss-reactive ketones (excluding diaryl/α,β-unsaturated/α-hetero) is 1. The minimum absolute atomic E-state index is 0.0617. The zero-order valence-electron chi connectivity index (χ0n) is 13.5. The Morgan fingerprint density at radius 2 is 1.83 bits per heavy atom. The van der Waals surface area contributed by atoms with Gasteiger partial charge in [-0.15, -0.1) is 11.3 Å². The number of aromatic nitrogens is 2. The molecule has 0 saturated carbocycles. The van der Waals surface area contributed by atoms with Gasteiger partial charge in [-0.1, -0.05) is 54.4 Å². The maximum absolute atomic E-state index is 12.1. The maximum atomic E-state index is 12.1. The number of benzene rings is 1. The third kappa shape index (κ3) is 4.61. The quantitative estimate of drug-likeness (QED) is 0.398. The molecular weight excluding hydrogens is 320 g/mol. The molecule has 124 valence electrons. The zero-order valence-corrected chi connectivity index (χ0v) is 14.3. The molecule has 0 aliphatic rings. The summed E-state index contributed by atoms with van der Waals surface area (Å²) in [5.74, 6) is 0.562. The average Bonchev–Trinajstić information content (AvgIpc) is 3.29. The highest BCUT2D eigenvalue weighted by Crippen LogP contribution is 2.21. The van der Waals surface area contributed by atoms with Crippen molar-refractivity contribution in [2.75, 3.05) is 0 Å². The molecule has 4 nitrogen and oxygen atoms in total. The van der Waals surface area contributed by atoms with E-state index in [-0.39, 0.29) is 11.7 Å². The molecule has 0 aliphatic heterocycles. The first kappa shape index (κ1) is 16.6.